The van der Waals surface area contributed by atoms with E-state index in [1.54, 1.807) is 24.3 Å². The van der Waals surface area contributed by atoms with E-state index in [2.05, 4.69) is 4.99 Å². The predicted molar refractivity (Wildman–Crippen MR) is 69.9 cm³/mol. The Morgan fingerprint density at radius 3 is 2.83 bits per heavy atom. The summed E-state index contributed by atoms with van der Waals surface area (Å²) in [5.41, 5.74) is -0.323. The number of rotatable bonds is 3. The molecule has 0 unspecified atom stereocenters. The van der Waals surface area contributed by atoms with Gasteiger partial charge in [0.15, 0.2) is 5.06 Å². The Kier molecular flexibility index (Phi) is 3.38. The lowest BCUT2D eigenvalue weighted by Gasteiger charge is -2.00. The minimum absolute atomic E-state index is 0.0277. The lowest BCUT2D eigenvalue weighted by Crippen LogP contribution is -2.08. The Morgan fingerprint density at radius 1 is 1.39 bits per heavy atom. The van der Waals surface area contributed by atoms with Gasteiger partial charge in [-0.25, -0.2) is 0 Å². The second-order valence-corrected chi connectivity index (χ2v) is 4.54. The Morgan fingerprint density at radius 2 is 2.11 bits per heavy atom. The molecule has 2 aromatic rings. The first-order valence-corrected chi connectivity index (χ1v) is 5.87. The lowest BCUT2D eigenvalue weighted by atomic mass is 10.2. The van der Waals surface area contributed by atoms with Crippen LogP contribution in [-0.2, 0) is 4.79 Å². The van der Waals surface area contributed by atoms with E-state index in [1.807, 2.05) is 0 Å². The van der Waals surface area contributed by atoms with Gasteiger partial charge in [-0.1, -0.05) is 23.5 Å². The molecule has 0 atom stereocenters. The van der Waals surface area contributed by atoms with Gasteiger partial charge in [0, 0.05) is 16.3 Å². The second-order valence-electron chi connectivity index (χ2n) is 3.51. The molecule has 92 valence electrons. The molecule has 0 spiro atoms. The molecule has 0 aliphatic heterocycles. The highest BCUT2D eigenvalue weighted by molar-refractivity contribution is 7.20. The van der Waals surface area contributed by atoms with Gasteiger partial charge in [-0.15, -0.1) is 0 Å². The molecule has 0 fully saturated rings. The molecule has 2 rings (SSSR count). The minimum atomic E-state index is -1.09. The van der Waals surface area contributed by atoms with Crippen molar-refractivity contribution in [2.45, 2.75) is 0 Å². The summed E-state index contributed by atoms with van der Waals surface area (Å²) in [7, 11) is 0. The van der Waals surface area contributed by atoms with Crippen LogP contribution in [0.1, 0.15) is 5.56 Å². The fourth-order valence-electron chi connectivity index (χ4n) is 1.47. The van der Waals surface area contributed by atoms with Crippen molar-refractivity contribution in [3.63, 3.8) is 0 Å². The first kappa shape index (κ1) is 12.3. The monoisotopic (exact) mass is 263 g/mol. The van der Waals surface area contributed by atoms with Crippen molar-refractivity contribution in [3.8, 4) is 5.06 Å². The molecule has 0 saturated heterocycles. The summed E-state index contributed by atoms with van der Waals surface area (Å²) >= 11 is 1.06. The van der Waals surface area contributed by atoms with Crippen LogP contribution in [0.15, 0.2) is 34.1 Å². The summed E-state index contributed by atoms with van der Waals surface area (Å²) in [4.78, 5) is 25.9. The smallest absolute Gasteiger partial charge is 0.325 e. The summed E-state index contributed by atoms with van der Waals surface area (Å²) in [5, 5.41) is 18.5. The molecule has 0 amide bonds. The van der Waals surface area contributed by atoms with E-state index in [0.717, 1.165) is 17.6 Å². The zero-order chi connectivity index (χ0) is 13.1. The van der Waals surface area contributed by atoms with Crippen molar-refractivity contribution in [2.75, 3.05) is 6.54 Å². The van der Waals surface area contributed by atoms with Crippen LogP contribution in [0.25, 0.3) is 10.1 Å². The number of aliphatic carboxylic acids is 1. The average molecular weight is 263 g/mol. The van der Waals surface area contributed by atoms with Crippen LogP contribution in [0.2, 0.25) is 0 Å². The molecule has 1 heterocycles. The van der Waals surface area contributed by atoms with E-state index >= 15 is 0 Å². The molecule has 6 heteroatoms. The van der Waals surface area contributed by atoms with Gasteiger partial charge in [0.25, 0.3) is 0 Å². The van der Waals surface area contributed by atoms with Crippen molar-refractivity contribution in [1.29, 1.82) is 0 Å². The molecule has 2 N–H and O–H groups in total. The number of hydrogen-bond donors (Lipinski definition) is 2. The first-order valence-electron chi connectivity index (χ1n) is 5.06. The lowest BCUT2D eigenvalue weighted by molar-refractivity contribution is -0.135. The van der Waals surface area contributed by atoms with Gasteiger partial charge in [-0.05, 0) is 12.1 Å². The van der Waals surface area contributed by atoms with E-state index in [-0.39, 0.29) is 16.1 Å². The Labute approximate surface area is 106 Å². The number of hydrogen-bond acceptors (Lipinski definition) is 5. The second kappa shape index (κ2) is 4.97. The highest BCUT2D eigenvalue weighted by Crippen LogP contribution is 2.26. The van der Waals surface area contributed by atoms with E-state index in [1.165, 1.54) is 0 Å². The Bertz CT molecular complexity index is 690. The van der Waals surface area contributed by atoms with Crippen molar-refractivity contribution in [1.82, 2.24) is 0 Å². The number of aliphatic imine (C=N–C) groups is 1. The topological polar surface area (TPSA) is 87.0 Å². The molecular formula is C12H9NO4S. The number of aromatic hydroxyl groups is 1. The van der Waals surface area contributed by atoms with Crippen molar-refractivity contribution < 1.29 is 15.0 Å². The summed E-state index contributed by atoms with van der Waals surface area (Å²) in [6.07, 6.45) is 1.11. The molecule has 0 aliphatic rings. The Hall–Kier alpha value is -2.21. The van der Waals surface area contributed by atoms with Gasteiger partial charge in [-0.3, -0.25) is 14.6 Å². The maximum Gasteiger partial charge on any atom is 0.325 e. The molecule has 1 aromatic heterocycles. The van der Waals surface area contributed by atoms with E-state index in [4.69, 9.17) is 5.11 Å². The Balaban J connectivity index is 2.54. The number of carboxylic acids is 1. The SMILES string of the molecule is O=C(O)CN=Cc1c(O)sc2ccccc2c1=O. The molecular weight excluding hydrogens is 254 g/mol. The van der Waals surface area contributed by atoms with Crippen LogP contribution in [0, 0.1) is 0 Å². The average Bonchev–Trinajstić information content (AvgIpc) is 2.33. The van der Waals surface area contributed by atoms with Crippen LogP contribution in [0.4, 0.5) is 0 Å². The third kappa shape index (κ3) is 2.38. The van der Waals surface area contributed by atoms with Crippen LogP contribution >= 0.6 is 11.3 Å². The zero-order valence-electron chi connectivity index (χ0n) is 9.16. The number of fused-ring (bicyclic) bond motifs is 1. The molecule has 18 heavy (non-hydrogen) atoms. The highest BCUT2D eigenvalue weighted by atomic mass is 32.1. The van der Waals surface area contributed by atoms with Crippen LogP contribution in [0.3, 0.4) is 0 Å². The maximum absolute atomic E-state index is 12.0. The molecule has 0 radical (unpaired) electrons. The normalized spacial score (nSPS) is 11.1. The van der Waals surface area contributed by atoms with E-state index in [9.17, 15) is 14.7 Å². The van der Waals surface area contributed by atoms with Crippen molar-refractivity contribution in [2.24, 2.45) is 4.99 Å². The van der Waals surface area contributed by atoms with E-state index < -0.39 is 12.5 Å². The van der Waals surface area contributed by atoms with Gasteiger partial charge in [0.2, 0.25) is 5.43 Å². The maximum atomic E-state index is 12.0. The summed E-state index contributed by atoms with van der Waals surface area (Å²) in [5.74, 6) is -1.09. The van der Waals surface area contributed by atoms with Crippen LogP contribution in [-0.4, -0.2) is 28.9 Å². The number of carbonyl (C=O) groups is 1. The van der Waals surface area contributed by atoms with Gasteiger partial charge >= 0.3 is 5.97 Å². The molecule has 0 bridgehead atoms. The number of nitrogens with zero attached hydrogens (tertiary/aromatic N) is 1. The fraction of sp³-hybridized carbons (Fsp3) is 0.0833. The molecule has 5 nitrogen and oxygen atoms in total. The van der Waals surface area contributed by atoms with Crippen LogP contribution in [0.5, 0.6) is 5.06 Å². The minimum Gasteiger partial charge on any atom is -0.499 e. The summed E-state index contributed by atoms with van der Waals surface area (Å²) in [6, 6.07) is 6.89. The van der Waals surface area contributed by atoms with Gasteiger partial charge in [0.1, 0.15) is 6.54 Å². The van der Waals surface area contributed by atoms with Crippen molar-refractivity contribution >= 4 is 33.6 Å². The molecule has 0 aliphatic carbocycles. The summed E-state index contributed by atoms with van der Waals surface area (Å²) < 4.78 is 0.676. The first-order chi connectivity index (χ1) is 8.59. The summed E-state index contributed by atoms with van der Waals surface area (Å²) in [6.45, 7) is -0.434. The van der Waals surface area contributed by atoms with Gasteiger partial charge in [-0.2, -0.15) is 0 Å². The van der Waals surface area contributed by atoms with Crippen LogP contribution < -0.4 is 5.43 Å². The standard InChI is InChI=1S/C12H9NO4S/c14-10(15)6-13-5-8-11(16)7-3-1-2-4-9(7)18-12(8)17/h1-5,17H,6H2,(H,14,15). The van der Waals surface area contributed by atoms with Crippen molar-refractivity contribution in [3.05, 3.63) is 40.1 Å². The predicted octanol–water partition coefficient (Wildman–Crippen LogP) is 1.47. The third-order valence-electron chi connectivity index (χ3n) is 2.26. The number of benzene rings is 1. The van der Waals surface area contributed by atoms with Gasteiger partial charge < -0.3 is 10.2 Å². The molecule has 1 aromatic carbocycles. The number of carboxylic acid groups (broad SMARTS) is 1. The van der Waals surface area contributed by atoms with Gasteiger partial charge in [0.05, 0.1) is 5.56 Å². The quantitative estimate of drug-likeness (QED) is 0.821. The third-order valence-corrected chi connectivity index (χ3v) is 3.25. The fourth-order valence-corrected chi connectivity index (χ4v) is 2.35. The van der Waals surface area contributed by atoms with E-state index in [0.29, 0.717) is 10.1 Å². The largest absolute Gasteiger partial charge is 0.499 e. The molecule has 0 saturated carbocycles. The highest BCUT2D eigenvalue weighted by Gasteiger charge is 2.09. The zero-order valence-corrected chi connectivity index (χ0v) is 9.98.